The van der Waals surface area contributed by atoms with Crippen LogP contribution in [0.25, 0.3) is 11.4 Å². The number of amides is 2. The normalized spacial score (nSPS) is 12.0. The minimum Gasteiger partial charge on any atom is -0.368 e. The number of carbonyl (C=O) groups is 2. The average molecular weight is 361 g/mol. The summed E-state index contributed by atoms with van der Waals surface area (Å²) in [5.74, 6) is 0.201. The molecule has 0 radical (unpaired) electrons. The maximum atomic E-state index is 12.0. The van der Waals surface area contributed by atoms with Crippen LogP contribution in [-0.2, 0) is 16.1 Å². The maximum Gasteiger partial charge on any atom is 0.237 e. The van der Waals surface area contributed by atoms with Crippen molar-refractivity contribution in [3.63, 3.8) is 0 Å². The molecular formula is C17H23N5O2S. The topological polar surface area (TPSA) is 103 Å². The van der Waals surface area contributed by atoms with Gasteiger partial charge in [-0.25, -0.2) is 0 Å². The third kappa shape index (κ3) is 5.32. The Bertz CT molecular complexity index is 759. The summed E-state index contributed by atoms with van der Waals surface area (Å²) >= 11 is 1.24. The molecule has 0 bridgehead atoms. The number of benzene rings is 1. The van der Waals surface area contributed by atoms with E-state index in [0.29, 0.717) is 11.0 Å². The predicted molar refractivity (Wildman–Crippen MR) is 98.0 cm³/mol. The molecule has 0 fully saturated rings. The molecule has 8 heteroatoms. The minimum atomic E-state index is -0.486. The van der Waals surface area contributed by atoms with E-state index in [1.54, 1.807) is 4.57 Å². The van der Waals surface area contributed by atoms with Crippen molar-refractivity contribution in [2.45, 2.75) is 44.9 Å². The van der Waals surface area contributed by atoms with Gasteiger partial charge in [-0.2, -0.15) is 0 Å². The zero-order valence-electron chi connectivity index (χ0n) is 14.7. The Hall–Kier alpha value is -2.35. The van der Waals surface area contributed by atoms with Crippen molar-refractivity contribution in [1.29, 1.82) is 0 Å². The van der Waals surface area contributed by atoms with Gasteiger partial charge >= 0.3 is 0 Å². The lowest BCUT2D eigenvalue weighted by Gasteiger charge is -2.11. The second-order valence-corrected chi connectivity index (χ2v) is 6.84. The van der Waals surface area contributed by atoms with Gasteiger partial charge in [0.15, 0.2) is 11.0 Å². The van der Waals surface area contributed by atoms with Crippen molar-refractivity contribution in [2.24, 2.45) is 5.73 Å². The van der Waals surface area contributed by atoms with Crippen LogP contribution in [0.1, 0.15) is 25.8 Å². The van der Waals surface area contributed by atoms with E-state index < -0.39 is 5.91 Å². The largest absolute Gasteiger partial charge is 0.368 e. The lowest BCUT2D eigenvalue weighted by Crippen LogP contribution is -2.33. The Morgan fingerprint density at radius 1 is 1.36 bits per heavy atom. The molecule has 0 aliphatic heterocycles. The lowest BCUT2D eigenvalue weighted by atomic mass is 10.1. The van der Waals surface area contributed by atoms with Gasteiger partial charge in [-0.15, -0.1) is 10.2 Å². The molecule has 0 saturated heterocycles. The summed E-state index contributed by atoms with van der Waals surface area (Å²) in [6, 6.07) is 7.89. The second kappa shape index (κ2) is 8.66. The Kier molecular flexibility index (Phi) is 6.58. The number of nitrogens with two attached hydrogens (primary N) is 1. The van der Waals surface area contributed by atoms with Crippen LogP contribution < -0.4 is 11.1 Å². The molecule has 2 rings (SSSR count). The number of nitrogens with zero attached hydrogens (tertiary/aromatic N) is 3. The fraction of sp³-hybridized carbons (Fsp3) is 0.412. The number of aryl methyl sites for hydroxylation is 1. The highest BCUT2D eigenvalue weighted by molar-refractivity contribution is 7.99. The Morgan fingerprint density at radius 3 is 2.76 bits per heavy atom. The van der Waals surface area contributed by atoms with Crippen LogP contribution in [0.3, 0.4) is 0 Å². The van der Waals surface area contributed by atoms with Crippen molar-refractivity contribution < 1.29 is 9.59 Å². The highest BCUT2D eigenvalue weighted by Gasteiger charge is 2.17. The number of hydrogen-bond acceptors (Lipinski definition) is 5. The number of aromatic nitrogens is 3. The molecular weight excluding hydrogens is 338 g/mol. The smallest absolute Gasteiger partial charge is 0.237 e. The van der Waals surface area contributed by atoms with Gasteiger partial charge in [0.1, 0.15) is 6.54 Å². The third-order valence-electron chi connectivity index (χ3n) is 3.66. The van der Waals surface area contributed by atoms with Gasteiger partial charge in [0, 0.05) is 11.6 Å². The van der Waals surface area contributed by atoms with E-state index in [4.69, 9.17) is 5.73 Å². The minimum absolute atomic E-state index is 0.0361. The molecule has 3 N–H and O–H groups in total. The van der Waals surface area contributed by atoms with Gasteiger partial charge in [-0.3, -0.25) is 14.2 Å². The molecule has 0 aliphatic rings. The predicted octanol–water partition coefficient (Wildman–Crippen LogP) is 1.75. The molecule has 2 aromatic rings. The van der Waals surface area contributed by atoms with E-state index in [1.165, 1.54) is 11.8 Å². The van der Waals surface area contributed by atoms with Gasteiger partial charge in [-0.05, 0) is 26.3 Å². The first kappa shape index (κ1) is 19.0. The lowest BCUT2D eigenvalue weighted by molar-refractivity contribution is -0.119. The molecule has 134 valence electrons. The number of carbonyl (C=O) groups excluding carboxylic acids is 2. The summed E-state index contributed by atoms with van der Waals surface area (Å²) in [5.41, 5.74) is 7.29. The standard InChI is InChI=1S/C17H23N5O2S/c1-4-12(3)19-15(24)10-25-17-21-20-16(22(17)9-14(18)23)13-7-5-6-11(2)8-13/h5-8,12H,4,9-10H2,1-3H3,(H2,18,23)(H,19,24)/t12-/m0/s1. The summed E-state index contributed by atoms with van der Waals surface area (Å²) in [4.78, 5) is 23.4. The summed E-state index contributed by atoms with van der Waals surface area (Å²) in [5, 5.41) is 11.7. The van der Waals surface area contributed by atoms with Crippen molar-refractivity contribution in [2.75, 3.05) is 5.75 Å². The van der Waals surface area contributed by atoms with Crippen LogP contribution in [-0.4, -0.2) is 38.4 Å². The van der Waals surface area contributed by atoms with Crippen LogP contribution in [0.4, 0.5) is 0 Å². The molecule has 0 saturated carbocycles. The van der Waals surface area contributed by atoms with Gasteiger partial charge in [0.25, 0.3) is 0 Å². The zero-order valence-corrected chi connectivity index (χ0v) is 15.5. The first-order valence-electron chi connectivity index (χ1n) is 8.11. The molecule has 25 heavy (non-hydrogen) atoms. The summed E-state index contributed by atoms with van der Waals surface area (Å²) < 4.78 is 1.65. The SMILES string of the molecule is CC[C@H](C)NC(=O)CSc1nnc(-c2cccc(C)c2)n1CC(N)=O. The number of primary amides is 1. The van der Waals surface area contributed by atoms with Crippen LogP contribution >= 0.6 is 11.8 Å². The first-order chi connectivity index (χ1) is 11.9. The second-order valence-electron chi connectivity index (χ2n) is 5.89. The van der Waals surface area contributed by atoms with E-state index >= 15 is 0 Å². The monoisotopic (exact) mass is 361 g/mol. The quantitative estimate of drug-likeness (QED) is 0.697. The molecule has 2 amide bonds. The fourth-order valence-corrected chi connectivity index (χ4v) is 2.99. The Morgan fingerprint density at radius 2 is 2.12 bits per heavy atom. The van der Waals surface area contributed by atoms with E-state index in [1.807, 2.05) is 45.0 Å². The van der Waals surface area contributed by atoms with E-state index in [0.717, 1.165) is 17.5 Å². The zero-order chi connectivity index (χ0) is 18.4. The van der Waals surface area contributed by atoms with Crippen LogP contribution in [0.15, 0.2) is 29.4 Å². The van der Waals surface area contributed by atoms with Crippen molar-refractivity contribution in [3.05, 3.63) is 29.8 Å². The van der Waals surface area contributed by atoms with Gasteiger partial charge in [0.05, 0.1) is 5.75 Å². The summed E-state index contributed by atoms with van der Waals surface area (Å²) in [6.07, 6.45) is 0.867. The molecule has 0 unspecified atom stereocenters. The highest BCUT2D eigenvalue weighted by Crippen LogP contribution is 2.24. The molecule has 0 spiro atoms. The number of hydrogen-bond donors (Lipinski definition) is 2. The van der Waals surface area contributed by atoms with Crippen molar-refractivity contribution in [3.8, 4) is 11.4 Å². The Balaban J connectivity index is 2.21. The maximum absolute atomic E-state index is 12.0. The fourth-order valence-electron chi connectivity index (χ4n) is 2.24. The van der Waals surface area contributed by atoms with Gasteiger partial charge in [0.2, 0.25) is 11.8 Å². The van der Waals surface area contributed by atoms with Gasteiger partial charge < -0.3 is 11.1 Å². The van der Waals surface area contributed by atoms with E-state index in [2.05, 4.69) is 15.5 Å². The summed E-state index contributed by atoms with van der Waals surface area (Å²) in [6.45, 7) is 5.91. The van der Waals surface area contributed by atoms with Crippen LogP contribution in [0.2, 0.25) is 0 Å². The Labute approximate surface area is 151 Å². The third-order valence-corrected chi connectivity index (χ3v) is 4.63. The molecule has 1 heterocycles. The summed E-state index contributed by atoms with van der Waals surface area (Å²) in [7, 11) is 0. The van der Waals surface area contributed by atoms with Crippen LogP contribution in [0, 0.1) is 6.92 Å². The molecule has 1 atom stereocenters. The molecule has 1 aromatic carbocycles. The van der Waals surface area contributed by atoms with Crippen LogP contribution in [0.5, 0.6) is 0 Å². The molecule has 0 aliphatic carbocycles. The van der Waals surface area contributed by atoms with Gasteiger partial charge in [-0.1, -0.05) is 42.4 Å². The van der Waals surface area contributed by atoms with Crippen molar-refractivity contribution in [1.82, 2.24) is 20.1 Å². The van der Waals surface area contributed by atoms with E-state index in [9.17, 15) is 9.59 Å². The highest BCUT2D eigenvalue weighted by atomic mass is 32.2. The molecule has 1 aromatic heterocycles. The number of rotatable bonds is 8. The molecule has 7 nitrogen and oxygen atoms in total. The number of nitrogens with one attached hydrogen (secondary N) is 1. The van der Waals surface area contributed by atoms with E-state index in [-0.39, 0.29) is 24.2 Å². The van der Waals surface area contributed by atoms with Crippen molar-refractivity contribution >= 4 is 23.6 Å². The average Bonchev–Trinajstić information content (AvgIpc) is 2.94. The first-order valence-corrected chi connectivity index (χ1v) is 9.10. The number of thioether (sulfide) groups is 1.